The number of aromatic nitrogens is 1. The summed E-state index contributed by atoms with van der Waals surface area (Å²) in [5.41, 5.74) is 4.94. The van der Waals surface area contributed by atoms with E-state index in [-0.39, 0.29) is 0 Å². The van der Waals surface area contributed by atoms with E-state index in [1.807, 2.05) is 47.9 Å². The average Bonchev–Trinajstić information content (AvgIpc) is 3.19. The molecule has 1 N–H and O–H groups in total. The summed E-state index contributed by atoms with van der Waals surface area (Å²) in [4.78, 5) is 4.07. The zero-order valence-corrected chi connectivity index (χ0v) is 15.5. The maximum atomic E-state index is 5.44. The molecule has 0 amide bonds. The van der Waals surface area contributed by atoms with Crippen molar-refractivity contribution in [3.63, 3.8) is 0 Å². The molecule has 0 saturated carbocycles. The molecule has 132 valence electrons. The summed E-state index contributed by atoms with van der Waals surface area (Å²) in [6, 6.07) is 20.1. The van der Waals surface area contributed by atoms with Crippen LogP contribution in [0.5, 0.6) is 0 Å². The number of rotatable bonds is 8. The highest BCUT2D eigenvalue weighted by molar-refractivity contribution is 8.02. The van der Waals surface area contributed by atoms with Crippen molar-refractivity contribution < 1.29 is 4.52 Å². The molecule has 2 aromatic carbocycles. The normalized spacial score (nSPS) is 11.3. The molecule has 0 aliphatic carbocycles. The third-order valence-electron chi connectivity index (χ3n) is 3.94. The predicted octanol–water partition coefficient (Wildman–Crippen LogP) is 5.71. The van der Waals surface area contributed by atoms with E-state index in [9.17, 15) is 0 Å². The molecule has 0 aliphatic rings. The number of aliphatic imine (C=N–C) groups is 1. The van der Waals surface area contributed by atoms with Gasteiger partial charge in [0.05, 0.1) is 5.88 Å². The lowest BCUT2D eigenvalue weighted by Crippen LogP contribution is -1.99. The summed E-state index contributed by atoms with van der Waals surface area (Å²) in [5.74, 6) is 1.34. The minimum absolute atomic E-state index is 0.611. The van der Waals surface area contributed by atoms with Crippen LogP contribution in [0.25, 0.3) is 17.0 Å². The summed E-state index contributed by atoms with van der Waals surface area (Å²) in [7, 11) is 0. The highest BCUT2D eigenvalue weighted by Crippen LogP contribution is 2.25. The smallest absolute Gasteiger partial charge is 0.186 e. The zero-order valence-electron chi connectivity index (χ0n) is 14.7. The molecular weight excluding hydrogens is 342 g/mol. The molecular formula is C21H21N3OS. The van der Waals surface area contributed by atoms with E-state index in [1.54, 1.807) is 11.8 Å². The van der Waals surface area contributed by atoms with Crippen molar-refractivity contribution in [2.75, 3.05) is 11.2 Å². The maximum absolute atomic E-state index is 5.44. The zero-order chi connectivity index (χ0) is 18.2. The number of nitrogens with one attached hydrogen (secondary N) is 1. The molecule has 1 aromatic heterocycles. The number of nitrogens with zero attached hydrogens (tertiary/aromatic N) is 2. The minimum Gasteiger partial charge on any atom is -0.375 e. The lowest BCUT2D eigenvalue weighted by Gasteiger charge is -2.09. The molecule has 3 aromatic rings. The Hall–Kier alpha value is -2.79. The van der Waals surface area contributed by atoms with E-state index in [0.29, 0.717) is 11.5 Å². The number of hydrogen-bond donors (Lipinski definition) is 1. The number of benzene rings is 2. The van der Waals surface area contributed by atoms with Crippen LogP contribution in [0.3, 0.4) is 0 Å². The molecule has 0 unspecified atom stereocenters. The van der Waals surface area contributed by atoms with Crippen molar-refractivity contribution in [3.8, 4) is 11.3 Å². The SMILES string of the molecule is C=N/C(=C\SCNc1ccccc1CC)c1cc(-c2ccccc2)no1. The first-order valence-corrected chi connectivity index (χ1v) is 9.49. The number of para-hydroxylation sites is 1. The molecule has 0 bridgehead atoms. The third-order valence-corrected chi connectivity index (χ3v) is 4.64. The average molecular weight is 363 g/mol. The second-order valence-corrected chi connectivity index (χ2v) is 6.46. The monoisotopic (exact) mass is 363 g/mol. The first-order chi connectivity index (χ1) is 12.8. The van der Waals surface area contributed by atoms with Gasteiger partial charge in [0.15, 0.2) is 5.76 Å². The van der Waals surface area contributed by atoms with Gasteiger partial charge in [-0.1, -0.05) is 60.6 Å². The van der Waals surface area contributed by atoms with Gasteiger partial charge in [0.25, 0.3) is 0 Å². The molecule has 0 aliphatic heterocycles. The number of hydrogen-bond acceptors (Lipinski definition) is 5. The van der Waals surface area contributed by atoms with Gasteiger partial charge in [-0.25, -0.2) is 0 Å². The first-order valence-electron chi connectivity index (χ1n) is 8.44. The van der Waals surface area contributed by atoms with Crippen molar-refractivity contribution in [1.29, 1.82) is 0 Å². The van der Waals surface area contributed by atoms with Crippen LogP contribution in [0.1, 0.15) is 18.2 Å². The Bertz CT molecular complexity index is 887. The number of aryl methyl sites for hydroxylation is 1. The van der Waals surface area contributed by atoms with E-state index >= 15 is 0 Å². The summed E-state index contributed by atoms with van der Waals surface area (Å²) in [6.45, 7) is 5.80. The van der Waals surface area contributed by atoms with Crippen LogP contribution in [0.15, 0.2) is 75.6 Å². The fourth-order valence-electron chi connectivity index (χ4n) is 2.56. The largest absolute Gasteiger partial charge is 0.375 e. The Kier molecular flexibility index (Phi) is 6.28. The summed E-state index contributed by atoms with van der Waals surface area (Å²) < 4.78 is 5.44. The van der Waals surface area contributed by atoms with Gasteiger partial charge in [0.1, 0.15) is 11.4 Å². The highest BCUT2D eigenvalue weighted by Gasteiger charge is 2.09. The molecule has 0 radical (unpaired) electrons. The Balaban J connectivity index is 1.64. The van der Waals surface area contributed by atoms with Crippen LogP contribution >= 0.6 is 11.8 Å². The van der Waals surface area contributed by atoms with E-state index in [1.165, 1.54) is 5.56 Å². The van der Waals surface area contributed by atoms with Crippen LogP contribution in [0.4, 0.5) is 5.69 Å². The van der Waals surface area contributed by atoms with E-state index in [2.05, 4.69) is 47.3 Å². The molecule has 0 spiro atoms. The van der Waals surface area contributed by atoms with Gasteiger partial charge in [-0.3, -0.25) is 4.99 Å². The fourth-order valence-corrected chi connectivity index (χ4v) is 3.23. The molecule has 0 atom stereocenters. The molecule has 4 nitrogen and oxygen atoms in total. The van der Waals surface area contributed by atoms with Crippen LogP contribution in [-0.2, 0) is 6.42 Å². The lowest BCUT2D eigenvalue weighted by molar-refractivity contribution is 0.412. The molecule has 0 saturated heterocycles. The van der Waals surface area contributed by atoms with Gasteiger partial charge >= 0.3 is 0 Å². The summed E-state index contributed by atoms with van der Waals surface area (Å²) in [6.07, 6.45) is 1.00. The van der Waals surface area contributed by atoms with Crippen LogP contribution in [0.2, 0.25) is 0 Å². The minimum atomic E-state index is 0.611. The van der Waals surface area contributed by atoms with E-state index < -0.39 is 0 Å². The van der Waals surface area contributed by atoms with Crippen molar-refractivity contribution in [1.82, 2.24) is 5.16 Å². The van der Waals surface area contributed by atoms with E-state index in [0.717, 1.165) is 29.2 Å². The number of thioether (sulfide) groups is 1. The summed E-state index contributed by atoms with van der Waals surface area (Å²) >= 11 is 1.61. The van der Waals surface area contributed by atoms with Gasteiger partial charge in [-0.2, -0.15) is 0 Å². The molecule has 0 fully saturated rings. The fraction of sp³-hybridized carbons (Fsp3) is 0.143. The van der Waals surface area contributed by atoms with Crippen molar-refractivity contribution in [2.45, 2.75) is 13.3 Å². The van der Waals surface area contributed by atoms with Crippen LogP contribution in [-0.4, -0.2) is 17.8 Å². The van der Waals surface area contributed by atoms with Crippen molar-refractivity contribution in [2.24, 2.45) is 4.99 Å². The molecule has 5 heteroatoms. The van der Waals surface area contributed by atoms with E-state index in [4.69, 9.17) is 4.52 Å². The maximum Gasteiger partial charge on any atom is 0.186 e. The van der Waals surface area contributed by atoms with Gasteiger partial charge in [-0.15, -0.1) is 11.8 Å². The molecule has 1 heterocycles. The van der Waals surface area contributed by atoms with Crippen LogP contribution in [0, 0.1) is 0 Å². The topological polar surface area (TPSA) is 50.4 Å². The van der Waals surface area contributed by atoms with Gasteiger partial charge in [0, 0.05) is 22.7 Å². The molecule has 3 rings (SSSR count). The quantitative estimate of drug-likeness (QED) is 0.316. The Morgan fingerprint density at radius 3 is 2.73 bits per heavy atom. The Morgan fingerprint density at radius 1 is 1.19 bits per heavy atom. The molecule has 26 heavy (non-hydrogen) atoms. The Labute approximate surface area is 158 Å². The summed E-state index contributed by atoms with van der Waals surface area (Å²) in [5, 5.41) is 9.50. The highest BCUT2D eigenvalue weighted by atomic mass is 32.2. The Morgan fingerprint density at radius 2 is 1.96 bits per heavy atom. The standard InChI is InChI=1S/C21H21N3OS/c1-3-16-9-7-8-12-18(16)23-15-26-14-20(22-2)21-13-19(24-25-21)17-10-5-4-6-11-17/h4-14,23H,2-3,15H2,1H3/b20-14-. The lowest BCUT2D eigenvalue weighted by atomic mass is 10.1. The van der Waals surface area contributed by atoms with Crippen molar-refractivity contribution in [3.05, 3.63) is 77.4 Å². The van der Waals surface area contributed by atoms with Crippen molar-refractivity contribution >= 4 is 29.9 Å². The van der Waals surface area contributed by atoms with Gasteiger partial charge < -0.3 is 9.84 Å². The first kappa shape index (κ1) is 18.0. The van der Waals surface area contributed by atoms with Gasteiger partial charge in [0.2, 0.25) is 0 Å². The third kappa shape index (κ3) is 4.43. The second-order valence-electron chi connectivity index (χ2n) is 5.60. The predicted molar refractivity (Wildman–Crippen MR) is 111 cm³/mol. The second kappa shape index (κ2) is 9.06. The van der Waals surface area contributed by atoms with Crippen LogP contribution < -0.4 is 5.32 Å². The number of anilines is 1. The van der Waals surface area contributed by atoms with Gasteiger partial charge in [-0.05, 0) is 24.8 Å².